The highest BCUT2D eigenvalue weighted by Gasteiger charge is 2.27. The molecule has 1 aliphatic carbocycles. The molecule has 18 heavy (non-hydrogen) atoms. The van der Waals surface area contributed by atoms with Gasteiger partial charge >= 0.3 is 0 Å². The molecule has 1 aromatic rings. The number of nitrogens with zero attached hydrogens (tertiary/aromatic N) is 3. The van der Waals surface area contributed by atoms with E-state index < -0.39 is 0 Å². The molecule has 1 heterocycles. The van der Waals surface area contributed by atoms with E-state index in [0.29, 0.717) is 11.1 Å². The first-order valence-electron chi connectivity index (χ1n) is 6.58. The molecule has 0 aliphatic heterocycles. The van der Waals surface area contributed by atoms with Gasteiger partial charge in [0, 0.05) is 18.5 Å². The first-order valence-corrected chi connectivity index (χ1v) is 6.96. The predicted octanol–water partition coefficient (Wildman–Crippen LogP) is 2.76. The lowest BCUT2D eigenvalue weighted by Gasteiger charge is -2.10. The summed E-state index contributed by atoms with van der Waals surface area (Å²) in [4.78, 5) is 11.0. The van der Waals surface area contributed by atoms with Crippen LogP contribution in [0.1, 0.15) is 37.4 Å². The van der Waals surface area contributed by atoms with Gasteiger partial charge in [-0.05, 0) is 46.3 Å². The summed E-state index contributed by atoms with van der Waals surface area (Å²) in [6, 6.07) is 1.80. The second kappa shape index (κ2) is 6.34. The van der Waals surface area contributed by atoms with Crippen LogP contribution in [0.3, 0.4) is 0 Å². The van der Waals surface area contributed by atoms with Crippen molar-refractivity contribution in [3.8, 4) is 0 Å². The topological polar surface area (TPSA) is 41.0 Å². The molecule has 1 N–H and O–H groups in total. The van der Waals surface area contributed by atoms with Crippen LogP contribution >= 0.6 is 11.6 Å². The zero-order chi connectivity index (χ0) is 13.0. The molecule has 1 fully saturated rings. The third-order valence-electron chi connectivity index (χ3n) is 2.99. The van der Waals surface area contributed by atoms with Gasteiger partial charge < -0.3 is 10.2 Å². The number of hydrogen-bond donors (Lipinski definition) is 1. The van der Waals surface area contributed by atoms with E-state index in [1.165, 1.54) is 19.3 Å². The molecule has 0 saturated heterocycles. The third-order valence-corrected chi connectivity index (χ3v) is 3.19. The largest absolute Gasteiger partial charge is 0.370 e. The van der Waals surface area contributed by atoms with Gasteiger partial charge in [0.05, 0.1) is 0 Å². The zero-order valence-electron chi connectivity index (χ0n) is 11.1. The highest BCUT2D eigenvalue weighted by Crippen LogP contribution is 2.38. The molecule has 100 valence electrons. The van der Waals surface area contributed by atoms with Crippen LogP contribution in [0.15, 0.2) is 6.07 Å². The summed E-state index contributed by atoms with van der Waals surface area (Å²) in [5, 5.41) is 3.87. The molecule has 0 atom stereocenters. The molecular weight excluding hydrogens is 248 g/mol. The van der Waals surface area contributed by atoms with Gasteiger partial charge in [0.2, 0.25) is 0 Å². The molecule has 4 nitrogen and oxygen atoms in total. The monoisotopic (exact) mass is 268 g/mol. The Kier molecular flexibility index (Phi) is 4.78. The van der Waals surface area contributed by atoms with Crippen LogP contribution in [-0.2, 0) is 0 Å². The van der Waals surface area contributed by atoms with Gasteiger partial charge in [-0.25, -0.2) is 9.97 Å². The molecule has 5 heteroatoms. The van der Waals surface area contributed by atoms with Gasteiger partial charge in [-0.3, -0.25) is 0 Å². The Balaban J connectivity index is 1.78. The summed E-state index contributed by atoms with van der Waals surface area (Å²) in [6.07, 6.45) is 4.72. The summed E-state index contributed by atoms with van der Waals surface area (Å²) in [5.74, 6) is 2.30. The lowest BCUT2D eigenvalue weighted by Crippen LogP contribution is -2.14. The summed E-state index contributed by atoms with van der Waals surface area (Å²) < 4.78 is 0. The summed E-state index contributed by atoms with van der Waals surface area (Å²) in [6.45, 7) is 2.06. The van der Waals surface area contributed by atoms with Crippen LogP contribution in [0, 0.1) is 0 Å². The van der Waals surface area contributed by atoms with Crippen LogP contribution < -0.4 is 5.32 Å². The molecular formula is C13H21ClN4. The van der Waals surface area contributed by atoms with Crippen molar-refractivity contribution in [1.82, 2.24) is 14.9 Å². The summed E-state index contributed by atoms with van der Waals surface area (Å²) in [5.41, 5.74) is 0. The summed E-state index contributed by atoms with van der Waals surface area (Å²) >= 11 is 6.01. The first-order chi connectivity index (χ1) is 8.65. The van der Waals surface area contributed by atoms with Gasteiger partial charge in [0.1, 0.15) is 16.8 Å². The maximum absolute atomic E-state index is 6.01. The molecule has 0 spiro atoms. The second-order valence-electron chi connectivity index (χ2n) is 5.15. The van der Waals surface area contributed by atoms with Gasteiger partial charge in [0.15, 0.2) is 0 Å². The van der Waals surface area contributed by atoms with Crippen molar-refractivity contribution in [3.05, 3.63) is 17.0 Å². The van der Waals surface area contributed by atoms with Crippen molar-refractivity contribution in [2.24, 2.45) is 0 Å². The van der Waals surface area contributed by atoms with Gasteiger partial charge in [-0.2, -0.15) is 0 Å². The Morgan fingerprint density at radius 2 is 2.11 bits per heavy atom. The normalized spacial score (nSPS) is 15.1. The second-order valence-corrected chi connectivity index (χ2v) is 5.53. The highest BCUT2D eigenvalue weighted by atomic mass is 35.5. The van der Waals surface area contributed by atoms with Crippen molar-refractivity contribution in [2.75, 3.05) is 32.5 Å². The maximum Gasteiger partial charge on any atom is 0.135 e. The molecule has 0 amide bonds. The highest BCUT2D eigenvalue weighted by molar-refractivity contribution is 6.29. The van der Waals surface area contributed by atoms with Crippen molar-refractivity contribution in [3.63, 3.8) is 0 Å². The number of hydrogen-bond acceptors (Lipinski definition) is 4. The Morgan fingerprint density at radius 1 is 1.33 bits per heavy atom. The van der Waals surface area contributed by atoms with E-state index in [0.717, 1.165) is 31.2 Å². The molecule has 0 unspecified atom stereocenters. The summed E-state index contributed by atoms with van der Waals surface area (Å²) in [7, 11) is 4.19. The molecule has 2 rings (SSSR count). The number of aromatic nitrogens is 2. The fourth-order valence-corrected chi connectivity index (χ4v) is 2.01. The lowest BCUT2D eigenvalue weighted by molar-refractivity contribution is 0.396. The Hall–Kier alpha value is -0.870. The average molecular weight is 269 g/mol. The third kappa shape index (κ3) is 4.42. The zero-order valence-corrected chi connectivity index (χ0v) is 11.9. The lowest BCUT2D eigenvalue weighted by atomic mass is 10.3. The van der Waals surface area contributed by atoms with Crippen molar-refractivity contribution in [2.45, 2.75) is 31.6 Å². The van der Waals surface area contributed by atoms with Crippen molar-refractivity contribution >= 4 is 17.4 Å². The van der Waals surface area contributed by atoms with Gasteiger partial charge in [-0.15, -0.1) is 0 Å². The molecule has 0 radical (unpaired) electrons. The predicted molar refractivity (Wildman–Crippen MR) is 75.3 cm³/mol. The molecule has 1 aromatic heterocycles. The van der Waals surface area contributed by atoms with E-state index in [4.69, 9.17) is 11.6 Å². The van der Waals surface area contributed by atoms with E-state index in [1.807, 2.05) is 0 Å². The van der Waals surface area contributed by atoms with Crippen LogP contribution in [0.4, 0.5) is 5.82 Å². The smallest absolute Gasteiger partial charge is 0.135 e. The molecule has 1 saturated carbocycles. The fourth-order valence-electron chi connectivity index (χ4n) is 1.82. The minimum absolute atomic E-state index is 0.540. The van der Waals surface area contributed by atoms with Crippen molar-refractivity contribution in [1.29, 1.82) is 0 Å². The molecule has 1 aliphatic rings. The minimum Gasteiger partial charge on any atom is -0.370 e. The van der Waals surface area contributed by atoms with Crippen LogP contribution in [-0.4, -0.2) is 42.1 Å². The fraction of sp³-hybridized carbons (Fsp3) is 0.692. The number of nitrogens with one attached hydrogen (secondary N) is 1. The maximum atomic E-state index is 6.01. The Bertz CT molecular complexity index is 391. The van der Waals surface area contributed by atoms with Crippen LogP contribution in [0.2, 0.25) is 5.15 Å². The number of anilines is 1. The Labute approximate surface area is 114 Å². The first kappa shape index (κ1) is 13.6. The van der Waals surface area contributed by atoms with E-state index in [9.17, 15) is 0 Å². The molecule has 0 bridgehead atoms. The van der Waals surface area contributed by atoms with Gasteiger partial charge in [-0.1, -0.05) is 11.6 Å². The number of rotatable bonds is 7. The SMILES string of the molecule is CN(C)CCCCNc1cc(Cl)nc(C2CC2)n1. The van der Waals surface area contributed by atoms with Crippen LogP contribution in [0.25, 0.3) is 0 Å². The van der Waals surface area contributed by atoms with E-state index >= 15 is 0 Å². The Morgan fingerprint density at radius 3 is 2.78 bits per heavy atom. The average Bonchev–Trinajstić information content (AvgIpc) is 3.11. The molecule has 0 aromatic carbocycles. The minimum atomic E-state index is 0.540. The van der Waals surface area contributed by atoms with E-state index in [1.54, 1.807) is 6.07 Å². The van der Waals surface area contributed by atoms with Gasteiger partial charge in [0.25, 0.3) is 0 Å². The standard InChI is InChI=1S/C13H21ClN4/c1-18(2)8-4-3-7-15-12-9-11(14)16-13(17-12)10-5-6-10/h9-10H,3-8H2,1-2H3,(H,15,16,17). The van der Waals surface area contributed by atoms with Crippen LogP contribution in [0.5, 0.6) is 0 Å². The van der Waals surface area contributed by atoms with Crippen molar-refractivity contribution < 1.29 is 0 Å². The van der Waals surface area contributed by atoms with E-state index in [2.05, 4.69) is 34.3 Å². The number of unbranched alkanes of at least 4 members (excludes halogenated alkanes) is 1. The van der Waals surface area contributed by atoms with E-state index in [-0.39, 0.29) is 0 Å². The quantitative estimate of drug-likeness (QED) is 0.610. The number of halogens is 1.